The van der Waals surface area contributed by atoms with Crippen molar-refractivity contribution in [1.29, 1.82) is 0 Å². The van der Waals surface area contributed by atoms with Gasteiger partial charge in [-0.05, 0) is 59.4 Å². The molecule has 22 heavy (non-hydrogen) atoms. The molecular weight excluding hydrogens is 286 g/mol. The summed E-state index contributed by atoms with van der Waals surface area (Å²) >= 11 is 0. The Bertz CT molecular complexity index is 381. The fourth-order valence-electron chi connectivity index (χ4n) is 2.41. The van der Waals surface area contributed by atoms with Crippen molar-refractivity contribution in [1.82, 2.24) is 10.2 Å². The van der Waals surface area contributed by atoms with Crippen LogP contribution >= 0.6 is 0 Å². The van der Waals surface area contributed by atoms with Crippen LogP contribution in [0.1, 0.15) is 52.9 Å². The van der Waals surface area contributed by atoms with E-state index >= 15 is 0 Å². The molecule has 7 nitrogen and oxygen atoms in total. The maximum Gasteiger partial charge on any atom is 0.408 e. The molecule has 7 heteroatoms. The van der Waals surface area contributed by atoms with Gasteiger partial charge in [0.05, 0.1) is 0 Å². The zero-order valence-electron chi connectivity index (χ0n) is 13.8. The molecule has 0 aromatic heterocycles. The maximum atomic E-state index is 12.5. The number of unbranched alkanes of at least 4 members (excludes halogenated alkanes) is 1. The molecule has 0 aromatic rings. The molecule has 128 valence electrons. The predicted octanol–water partition coefficient (Wildman–Crippen LogP) is 0.950. The fourth-order valence-corrected chi connectivity index (χ4v) is 2.41. The highest BCUT2D eigenvalue weighted by molar-refractivity contribution is 5.86. The molecule has 0 saturated carbocycles. The maximum absolute atomic E-state index is 12.5. The molecule has 0 radical (unpaired) electrons. The van der Waals surface area contributed by atoms with Gasteiger partial charge in [0.15, 0.2) is 0 Å². The van der Waals surface area contributed by atoms with E-state index in [0.717, 1.165) is 19.3 Å². The number of ether oxygens (including phenoxy) is 1. The molecule has 1 heterocycles. The lowest BCUT2D eigenvalue weighted by molar-refractivity contribution is -0.140. The molecule has 1 aliphatic heterocycles. The topological polar surface area (TPSA) is 105 Å². The summed E-state index contributed by atoms with van der Waals surface area (Å²) in [4.78, 5) is 25.8. The highest BCUT2D eigenvalue weighted by Crippen LogP contribution is 2.17. The Morgan fingerprint density at radius 3 is 2.59 bits per heavy atom. The number of alkyl carbamates (subject to hydrolysis) is 1. The molecule has 0 aliphatic carbocycles. The van der Waals surface area contributed by atoms with Crippen molar-refractivity contribution in [2.45, 2.75) is 70.7 Å². The number of hydrogen-bond donors (Lipinski definition) is 3. The molecule has 4 N–H and O–H groups in total. The normalized spacial score (nSPS) is 19.9. The van der Waals surface area contributed by atoms with E-state index < -0.39 is 24.0 Å². The number of aliphatic hydroxyl groups excluding tert-OH is 1. The number of amides is 2. The summed E-state index contributed by atoms with van der Waals surface area (Å²) in [6.07, 6.45) is 1.97. The van der Waals surface area contributed by atoms with Crippen LogP contribution in [0.5, 0.6) is 0 Å². The summed E-state index contributed by atoms with van der Waals surface area (Å²) < 4.78 is 5.21. The minimum atomic E-state index is -0.759. The van der Waals surface area contributed by atoms with Gasteiger partial charge in [-0.2, -0.15) is 0 Å². The first kappa shape index (κ1) is 18.7. The smallest absolute Gasteiger partial charge is 0.408 e. The molecule has 0 spiro atoms. The Labute approximate surface area is 132 Å². The van der Waals surface area contributed by atoms with Crippen molar-refractivity contribution < 1.29 is 19.4 Å². The number of aliphatic hydroxyl groups is 1. The summed E-state index contributed by atoms with van der Waals surface area (Å²) in [5.74, 6) is -0.257. The summed E-state index contributed by atoms with van der Waals surface area (Å²) in [6.45, 7) is 6.36. The lowest BCUT2D eigenvalue weighted by atomic mass is 10.1. The molecule has 1 unspecified atom stereocenters. The predicted molar refractivity (Wildman–Crippen MR) is 83.0 cm³/mol. The van der Waals surface area contributed by atoms with E-state index in [-0.39, 0.29) is 5.91 Å². The van der Waals surface area contributed by atoms with Gasteiger partial charge in [-0.1, -0.05) is 0 Å². The lowest BCUT2D eigenvalue weighted by Crippen LogP contribution is -2.51. The van der Waals surface area contributed by atoms with E-state index in [1.54, 1.807) is 20.8 Å². The minimum Gasteiger partial charge on any atom is -0.444 e. The van der Waals surface area contributed by atoms with Crippen LogP contribution in [0.15, 0.2) is 0 Å². The molecular formula is C15H29N3O4. The van der Waals surface area contributed by atoms with Crippen LogP contribution in [0.4, 0.5) is 4.79 Å². The first-order valence-corrected chi connectivity index (χ1v) is 7.92. The molecule has 1 fully saturated rings. The highest BCUT2D eigenvalue weighted by Gasteiger charge is 2.33. The molecule has 0 bridgehead atoms. The number of hydrogen-bond acceptors (Lipinski definition) is 5. The average Bonchev–Trinajstić information content (AvgIpc) is 2.81. The molecule has 2 atom stereocenters. The number of nitrogens with zero attached hydrogens (tertiary/aromatic N) is 1. The van der Waals surface area contributed by atoms with Crippen molar-refractivity contribution in [3.8, 4) is 0 Å². The highest BCUT2D eigenvalue weighted by atomic mass is 16.6. The van der Waals surface area contributed by atoms with Gasteiger partial charge < -0.3 is 25.8 Å². The van der Waals surface area contributed by atoms with Crippen LogP contribution in [-0.4, -0.2) is 53.0 Å². The second kappa shape index (κ2) is 8.33. The van der Waals surface area contributed by atoms with Crippen molar-refractivity contribution >= 4 is 12.0 Å². The van der Waals surface area contributed by atoms with Gasteiger partial charge in [0.25, 0.3) is 0 Å². The van der Waals surface area contributed by atoms with E-state index in [2.05, 4.69) is 5.32 Å². The summed E-state index contributed by atoms with van der Waals surface area (Å²) in [5, 5.41) is 12.5. The van der Waals surface area contributed by atoms with Gasteiger partial charge >= 0.3 is 6.09 Å². The molecule has 1 rings (SSSR count). The first-order chi connectivity index (χ1) is 10.2. The fraction of sp³-hybridized carbons (Fsp3) is 0.867. The van der Waals surface area contributed by atoms with Gasteiger partial charge in [-0.15, -0.1) is 0 Å². The van der Waals surface area contributed by atoms with Crippen molar-refractivity contribution in [3.05, 3.63) is 0 Å². The van der Waals surface area contributed by atoms with E-state index in [0.29, 0.717) is 25.9 Å². The number of nitrogens with two attached hydrogens (primary N) is 1. The van der Waals surface area contributed by atoms with Gasteiger partial charge in [0, 0.05) is 6.54 Å². The van der Waals surface area contributed by atoms with Crippen molar-refractivity contribution in [3.63, 3.8) is 0 Å². The van der Waals surface area contributed by atoms with Crippen molar-refractivity contribution in [2.24, 2.45) is 5.73 Å². The Morgan fingerprint density at radius 1 is 1.41 bits per heavy atom. The molecule has 1 aliphatic rings. The Kier molecular flexibility index (Phi) is 7.09. The van der Waals surface area contributed by atoms with E-state index in [1.165, 1.54) is 4.90 Å². The Morgan fingerprint density at radius 2 is 2.09 bits per heavy atom. The van der Waals surface area contributed by atoms with Gasteiger partial charge in [0.1, 0.15) is 17.9 Å². The van der Waals surface area contributed by atoms with Gasteiger partial charge in [0.2, 0.25) is 5.91 Å². The quantitative estimate of drug-likeness (QED) is 0.633. The van der Waals surface area contributed by atoms with Gasteiger partial charge in [-0.25, -0.2) is 4.79 Å². The third-order valence-electron chi connectivity index (χ3n) is 3.44. The third-order valence-corrected chi connectivity index (χ3v) is 3.44. The number of likely N-dealkylation sites (tertiary alicyclic amines) is 1. The van der Waals surface area contributed by atoms with Gasteiger partial charge in [-0.3, -0.25) is 4.79 Å². The van der Waals surface area contributed by atoms with Crippen LogP contribution in [-0.2, 0) is 9.53 Å². The minimum absolute atomic E-state index is 0.257. The van der Waals surface area contributed by atoms with Crippen LogP contribution < -0.4 is 11.1 Å². The number of rotatable bonds is 6. The number of carbonyl (C=O) groups excluding carboxylic acids is 2. The Balaban J connectivity index is 2.66. The van der Waals surface area contributed by atoms with E-state index in [4.69, 9.17) is 10.5 Å². The van der Waals surface area contributed by atoms with Crippen LogP contribution in [0.2, 0.25) is 0 Å². The number of nitrogens with one attached hydrogen (secondary N) is 1. The molecule has 1 saturated heterocycles. The van der Waals surface area contributed by atoms with Crippen LogP contribution in [0, 0.1) is 0 Å². The third kappa shape index (κ3) is 6.19. The zero-order valence-corrected chi connectivity index (χ0v) is 13.8. The lowest BCUT2D eigenvalue weighted by Gasteiger charge is -2.28. The second-order valence-electron chi connectivity index (χ2n) is 6.64. The Hall–Kier alpha value is -1.34. The largest absolute Gasteiger partial charge is 0.444 e. The average molecular weight is 315 g/mol. The molecule has 0 aromatic carbocycles. The second-order valence-corrected chi connectivity index (χ2v) is 6.64. The van der Waals surface area contributed by atoms with Crippen LogP contribution in [0.25, 0.3) is 0 Å². The summed E-state index contributed by atoms with van der Waals surface area (Å²) in [6, 6.07) is -0.686. The van der Waals surface area contributed by atoms with E-state index in [9.17, 15) is 14.7 Å². The summed E-state index contributed by atoms with van der Waals surface area (Å²) in [5.41, 5.74) is 4.85. The first-order valence-electron chi connectivity index (χ1n) is 7.92. The van der Waals surface area contributed by atoms with Crippen LogP contribution in [0.3, 0.4) is 0 Å². The standard InChI is InChI=1S/C15H29N3O4/c1-15(2,3)22-14(21)17-11(7-4-5-9-16)13(20)18-10-6-8-12(18)19/h11-12,19H,4-10,16H2,1-3H3,(H,17,21)/t11-,12?/m0/s1. The van der Waals surface area contributed by atoms with Crippen molar-refractivity contribution in [2.75, 3.05) is 13.1 Å². The van der Waals surface area contributed by atoms with E-state index in [1.807, 2.05) is 0 Å². The monoisotopic (exact) mass is 315 g/mol. The molecule has 2 amide bonds. The number of carbonyl (C=O) groups is 2. The zero-order chi connectivity index (χ0) is 16.8. The SMILES string of the molecule is CC(C)(C)OC(=O)N[C@@H](CCCCN)C(=O)N1CCCC1O. The summed E-state index contributed by atoms with van der Waals surface area (Å²) in [7, 11) is 0.